The zero-order chi connectivity index (χ0) is 24.8. The molecule has 0 aliphatic rings. The third-order valence-corrected chi connectivity index (χ3v) is 5.53. The van der Waals surface area contributed by atoms with Gasteiger partial charge < -0.3 is 30.2 Å². The molecule has 0 aliphatic carbocycles. The summed E-state index contributed by atoms with van der Waals surface area (Å²) in [5.74, 6) is 0.598. The van der Waals surface area contributed by atoms with Gasteiger partial charge in [-0.1, -0.05) is 18.2 Å². The number of anilines is 4. The van der Waals surface area contributed by atoms with Crippen LogP contribution >= 0.6 is 11.6 Å². The number of H-pyrrole nitrogens is 1. The molecule has 0 bridgehead atoms. The highest BCUT2D eigenvalue weighted by atomic mass is 35.5. The highest BCUT2D eigenvalue weighted by molar-refractivity contribution is 6.33. The van der Waals surface area contributed by atoms with Crippen molar-refractivity contribution < 1.29 is 9.53 Å². The highest BCUT2D eigenvalue weighted by Crippen LogP contribution is 2.38. The summed E-state index contributed by atoms with van der Waals surface area (Å²) in [5, 5.41) is 6.52. The number of halogens is 1. The lowest BCUT2D eigenvalue weighted by molar-refractivity contribution is -0.111. The molecule has 2 aromatic heterocycles. The molecule has 0 aliphatic heterocycles. The van der Waals surface area contributed by atoms with Crippen LogP contribution in [-0.2, 0) is 4.79 Å². The molecule has 0 atom stereocenters. The predicted octanol–water partition coefficient (Wildman–Crippen LogP) is 4.31. The van der Waals surface area contributed by atoms with Gasteiger partial charge in [0.05, 0.1) is 41.1 Å². The van der Waals surface area contributed by atoms with E-state index in [-0.39, 0.29) is 5.91 Å². The summed E-state index contributed by atoms with van der Waals surface area (Å²) in [6.07, 6.45) is 6.50. The first-order valence-electron chi connectivity index (χ1n) is 10.7. The summed E-state index contributed by atoms with van der Waals surface area (Å²) in [4.78, 5) is 28.3. The van der Waals surface area contributed by atoms with Crippen LogP contribution in [0.4, 0.5) is 23.0 Å². The molecule has 0 radical (unpaired) electrons. The van der Waals surface area contributed by atoms with Crippen LogP contribution in [0.15, 0.2) is 43.4 Å². The Morgan fingerprint density at radius 3 is 2.62 bits per heavy atom. The number of amides is 1. The predicted molar refractivity (Wildman–Crippen MR) is 138 cm³/mol. The molecular formula is C24H30ClN7O2. The first-order valence-corrected chi connectivity index (χ1v) is 11.1. The lowest BCUT2D eigenvalue weighted by atomic mass is 10.1. The van der Waals surface area contributed by atoms with Gasteiger partial charge in [-0.3, -0.25) is 4.79 Å². The van der Waals surface area contributed by atoms with E-state index in [1.807, 2.05) is 46.5 Å². The van der Waals surface area contributed by atoms with Crippen LogP contribution in [0.3, 0.4) is 0 Å². The van der Waals surface area contributed by atoms with Gasteiger partial charge >= 0.3 is 0 Å². The van der Waals surface area contributed by atoms with Crippen molar-refractivity contribution in [3.05, 3.63) is 54.0 Å². The number of hydrogen-bond donors (Lipinski definition) is 3. The van der Waals surface area contributed by atoms with Gasteiger partial charge in [0.15, 0.2) is 0 Å². The smallest absolute Gasteiger partial charge is 0.247 e. The van der Waals surface area contributed by atoms with Gasteiger partial charge in [-0.2, -0.15) is 0 Å². The van der Waals surface area contributed by atoms with E-state index in [1.54, 1.807) is 19.4 Å². The van der Waals surface area contributed by atoms with E-state index < -0.39 is 0 Å². The van der Waals surface area contributed by atoms with Crippen LogP contribution in [0.2, 0.25) is 5.02 Å². The summed E-state index contributed by atoms with van der Waals surface area (Å²) in [6, 6.07) is 3.66. The molecule has 2 heterocycles. The maximum Gasteiger partial charge on any atom is 0.247 e. The minimum absolute atomic E-state index is 0.314. The Morgan fingerprint density at radius 2 is 2.00 bits per heavy atom. The van der Waals surface area contributed by atoms with E-state index in [1.165, 1.54) is 6.08 Å². The quantitative estimate of drug-likeness (QED) is 0.369. The fraction of sp³-hybridized carbons (Fsp3) is 0.292. The monoisotopic (exact) mass is 483 g/mol. The zero-order valence-electron chi connectivity index (χ0n) is 20.1. The van der Waals surface area contributed by atoms with Crippen molar-refractivity contribution in [3.8, 4) is 17.0 Å². The minimum atomic E-state index is -0.314. The van der Waals surface area contributed by atoms with Gasteiger partial charge in [0.2, 0.25) is 11.9 Å². The lowest BCUT2D eigenvalue weighted by Gasteiger charge is -2.26. The van der Waals surface area contributed by atoms with Crippen molar-refractivity contribution in [3.63, 3.8) is 0 Å². The standard InChI is InChI=1S/C24H30ClN7O2/c1-7-22(33)28-18-10-19(21(34-6)11-20(18)32(5)9-8-31(3)4)29-24-27-14-17(25)23(30-24)16-13-26-12-15(16)2/h7,10-14,26H,1,8-9H2,2-6H3,(H,28,33)(H,27,29,30). The molecule has 0 spiro atoms. The molecule has 34 heavy (non-hydrogen) atoms. The number of rotatable bonds is 10. The van der Waals surface area contributed by atoms with Crippen molar-refractivity contribution in [2.75, 3.05) is 56.9 Å². The van der Waals surface area contributed by atoms with E-state index >= 15 is 0 Å². The number of aromatic nitrogens is 3. The Hall–Kier alpha value is -3.56. The van der Waals surface area contributed by atoms with Crippen LogP contribution in [-0.4, -0.2) is 67.1 Å². The van der Waals surface area contributed by atoms with Crippen molar-refractivity contribution in [1.82, 2.24) is 19.9 Å². The van der Waals surface area contributed by atoms with Gasteiger partial charge in [0.1, 0.15) is 5.75 Å². The highest BCUT2D eigenvalue weighted by Gasteiger charge is 2.17. The molecule has 3 N–H and O–H groups in total. The van der Waals surface area contributed by atoms with Crippen molar-refractivity contribution in [1.29, 1.82) is 0 Å². The number of likely N-dealkylation sites (N-methyl/N-ethyl adjacent to an activating group) is 2. The maximum atomic E-state index is 12.1. The van der Waals surface area contributed by atoms with Crippen LogP contribution < -0.4 is 20.3 Å². The second-order valence-corrected chi connectivity index (χ2v) is 8.46. The molecule has 3 rings (SSSR count). The first kappa shape index (κ1) is 25.1. The van der Waals surface area contributed by atoms with Gasteiger partial charge in [0, 0.05) is 44.2 Å². The molecular weight excluding hydrogens is 454 g/mol. The molecule has 0 saturated carbocycles. The summed E-state index contributed by atoms with van der Waals surface area (Å²) in [5.41, 5.74) is 4.51. The molecule has 0 fully saturated rings. The molecule has 0 unspecified atom stereocenters. The van der Waals surface area contributed by atoms with Crippen LogP contribution in [0.1, 0.15) is 5.56 Å². The number of aryl methyl sites for hydroxylation is 1. The number of carbonyl (C=O) groups excluding carboxylic acids is 1. The number of methoxy groups -OCH3 is 1. The van der Waals surface area contributed by atoms with E-state index in [9.17, 15) is 4.79 Å². The van der Waals surface area contributed by atoms with Gasteiger partial charge in [-0.25, -0.2) is 9.97 Å². The van der Waals surface area contributed by atoms with Gasteiger partial charge in [-0.15, -0.1) is 0 Å². The van der Waals surface area contributed by atoms with E-state index in [2.05, 4.69) is 42.0 Å². The Labute approximate surface area is 204 Å². The van der Waals surface area contributed by atoms with Crippen molar-refractivity contribution in [2.24, 2.45) is 0 Å². The number of nitrogens with zero attached hydrogens (tertiary/aromatic N) is 4. The topological polar surface area (TPSA) is 98.4 Å². The first-order chi connectivity index (χ1) is 16.2. The largest absolute Gasteiger partial charge is 0.494 e. The van der Waals surface area contributed by atoms with Crippen molar-refractivity contribution in [2.45, 2.75) is 6.92 Å². The van der Waals surface area contributed by atoms with Crippen LogP contribution in [0.25, 0.3) is 11.3 Å². The Balaban J connectivity index is 2.01. The minimum Gasteiger partial charge on any atom is -0.494 e. The molecule has 3 aromatic rings. The fourth-order valence-corrected chi connectivity index (χ4v) is 3.53. The summed E-state index contributed by atoms with van der Waals surface area (Å²) >= 11 is 6.37. The summed E-state index contributed by atoms with van der Waals surface area (Å²) < 4.78 is 5.65. The summed E-state index contributed by atoms with van der Waals surface area (Å²) in [6.45, 7) is 7.12. The third kappa shape index (κ3) is 5.86. The number of nitrogens with one attached hydrogen (secondary N) is 3. The molecule has 0 saturated heterocycles. The van der Waals surface area contributed by atoms with Gasteiger partial charge in [0.25, 0.3) is 0 Å². The number of hydrogen-bond acceptors (Lipinski definition) is 7. The Morgan fingerprint density at radius 1 is 1.24 bits per heavy atom. The maximum absolute atomic E-state index is 12.1. The van der Waals surface area contributed by atoms with Gasteiger partial charge in [-0.05, 0) is 38.7 Å². The van der Waals surface area contributed by atoms with E-state index in [0.717, 1.165) is 29.9 Å². The number of aromatic amines is 1. The SMILES string of the molecule is C=CC(=O)Nc1cc(Nc2ncc(Cl)c(-c3c[nH]cc3C)n2)c(OC)cc1N(C)CCN(C)C. The van der Waals surface area contributed by atoms with Crippen molar-refractivity contribution >= 4 is 40.5 Å². The molecule has 180 valence electrons. The number of benzene rings is 1. The average Bonchev–Trinajstić information content (AvgIpc) is 3.24. The molecule has 1 amide bonds. The normalized spacial score (nSPS) is 10.8. The van der Waals surface area contributed by atoms with Crippen LogP contribution in [0, 0.1) is 6.92 Å². The zero-order valence-corrected chi connectivity index (χ0v) is 20.8. The molecule has 9 nitrogen and oxygen atoms in total. The summed E-state index contributed by atoms with van der Waals surface area (Å²) in [7, 11) is 7.57. The average molecular weight is 484 g/mol. The fourth-order valence-electron chi connectivity index (χ4n) is 3.34. The third-order valence-electron chi connectivity index (χ3n) is 5.25. The second-order valence-electron chi connectivity index (χ2n) is 8.06. The van der Waals surface area contributed by atoms with Crippen LogP contribution in [0.5, 0.6) is 5.75 Å². The Kier molecular flexibility index (Phi) is 8.14. The van der Waals surface area contributed by atoms with E-state index in [4.69, 9.17) is 16.3 Å². The second kappa shape index (κ2) is 11.0. The Bertz CT molecular complexity index is 1180. The number of carbonyl (C=O) groups is 1. The molecule has 1 aromatic carbocycles. The number of ether oxygens (including phenoxy) is 1. The molecule has 10 heteroatoms. The van der Waals surface area contributed by atoms with E-state index in [0.29, 0.717) is 33.8 Å². The lowest BCUT2D eigenvalue weighted by Crippen LogP contribution is -2.29.